The van der Waals surface area contributed by atoms with Gasteiger partial charge >= 0.3 is 0 Å². The van der Waals surface area contributed by atoms with E-state index in [0.717, 1.165) is 18.9 Å². The lowest BCUT2D eigenvalue weighted by atomic mass is 9.97. The van der Waals surface area contributed by atoms with Gasteiger partial charge in [-0.25, -0.2) is 0 Å². The number of rotatable bonds is 7. The molecule has 2 N–H and O–H groups in total. The maximum Gasteiger partial charge on any atom is 0.236 e. The van der Waals surface area contributed by atoms with Crippen molar-refractivity contribution in [3.05, 3.63) is 0 Å². The van der Waals surface area contributed by atoms with Crippen LogP contribution in [0.1, 0.15) is 39.0 Å². The molecule has 2 aliphatic heterocycles. The maximum atomic E-state index is 12.0. The van der Waals surface area contributed by atoms with E-state index in [-0.39, 0.29) is 11.9 Å². The first kappa shape index (κ1) is 15.7. The Kier molecular flexibility index (Phi) is 6.26. The fourth-order valence-electron chi connectivity index (χ4n) is 3.39. The molecule has 2 aliphatic rings. The van der Waals surface area contributed by atoms with E-state index >= 15 is 0 Å². The van der Waals surface area contributed by atoms with E-state index in [1.54, 1.807) is 7.11 Å². The number of hydrogen-bond donors (Lipinski definition) is 2. The van der Waals surface area contributed by atoms with E-state index in [0.29, 0.717) is 19.2 Å². The van der Waals surface area contributed by atoms with Gasteiger partial charge in [0.15, 0.2) is 0 Å². The summed E-state index contributed by atoms with van der Waals surface area (Å²) in [5.74, 6) is 0.106. The Morgan fingerprint density at radius 3 is 3.05 bits per heavy atom. The van der Waals surface area contributed by atoms with Crippen molar-refractivity contribution >= 4 is 5.91 Å². The van der Waals surface area contributed by atoms with Gasteiger partial charge in [-0.3, -0.25) is 4.79 Å². The van der Waals surface area contributed by atoms with Gasteiger partial charge in [0.1, 0.15) is 0 Å². The van der Waals surface area contributed by atoms with Gasteiger partial charge in [-0.15, -0.1) is 0 Å². The second-order valence-electron chi connectivity index (χ2n) is 6.08. The molecule has 2 saturated heterocycles. The van der Waals surface area contributed by atoms with E-state index in [1.807, 2.05) is 6.92 Å². The molecule has 0 saturated carbocycles. The molecule has 0 aromatic rings. The van der Waals surface area contributed by atoms with Crippen LogP contribution in [0.4, 0.5) is 0 Å². The number of piperidine rings is 1. The van der Waals surface area contributed by atoms with Crippen LogP contribution < -0.4 is 10.6 Å². The maximum absolute atomic E-state index is 12.0. The molecule has 116 valence electrons. The largest absolute Gasteiger partial charge is 0.385 e. The average Bonchev–Trinajstić information content (AvgIpc) is 2.90. The Balaban J connectivity index is 1.65. The summed E-state index contributed by atoms with van der Waals surface area (Å²) < 4.78 is 4.97. The number of ether oxygens (including phenoxy) is 1. The van der Waals surface area contributed by atoms with E-state index in [4.69, 9.17) is 4.74 Å². The molecule has 3 unspecified atom stereocenters. The minimum absolute atomic E-state index is 0.101. The summed E-state index contributed by atoms with van der Waals surface area (Å²) in [5.41, 5.74) is 0. The van der Waals surface area contributed by atoms with Crippen LogP contribution in [0.25, 0.3) is 0 Å². The highest BCUT2D eigenvalue weighted by atomic mass is 16.5. The van der Waals surface area contributed by atoms with E-state index in [2.05, 4.69) is 15.5 Å². The van der Waals surface area contributed by atoms with Crippen LogP contribution in [-0.4, -0.2) is 62.3 Å². The molecule has 2 rings (SSSR count). The summed E-state index contributed by atoms with van der Waals surface area (Å²) in [6, 6.07) is 1.14. The first-order chi connectivity index (χ1) is 9.70. The Labute approximate surface area is 122 Å². The zero-order chi connectivity index (χ0) is 14.4. The Morgan fingerprint density at radius 2 is 2.25 bits per heavy atom. The smallest absolute Gasteiger partial charge is 0.236 e. The lowest BCUT2D eigenvalue weighted by molar-refractivity contribution is -0.123. The van der Waals surface area contributed by atoms with E-state index < -0.39 is 0 Å². The van der Waals surface area contributed by atoms with Crippen molar-refractivity contribution in [2.24, 2.45) is 0 Å². The van der Waals surface area contributed by atoms with Crippen LogP contribution in [-0.2, 0) is 9.53 Å². The van der Waals surface area contributed by atoms with Crippen molar-refractivity contribution < 1.29 is 9.53 Å². The van der Waals surface area contributed by atoms with Gasteiger partial charge in [-0.2, -0.15) is 0 Å². The van der Waals surface area contributed by atoms with Gasteiger partial charge in [0.05, 0.1) is 6.04 Å². The summed E-state index contributed by atoms with van der Waals surface area (Å²) in [6.45, 7) is 5.81. The quantitative estimate of drug-likeness (QED) is 0.677. The van der Waals surface area contributed by atoms with Gasteiger partial charge in [-0.1, -0.05) is 0 Å². The zero-order valence-electron chi connectivity index (χ0n) is 12.9. The highest BCUT2D eigenvalue weighted by Gasteiger charge is 2.32. The molecule has 5 nitrogen and oxygen atoms in total. The number of fused-ring (bicyclic) bond motifs is 1. The van der Waals surface area contributed by atoms with Crippen molar-refractivity contribution in [1.29, 1.82) is 0 Å². The van der Waals surface area contributed by atoms with Crippen LogP contribution in [0.2, 0.25) is 0 Å². The molecule has 0 aromatic carbocycles. The summed E-state index contributed by atoms with van der Waals surface area (Å²) >= 11 is 0. The Morgan fingerprint density at radius 1 is 1.40 bits per heavy atom. The summed E-state index contributed by atoms with van der Waals surface area (Å²) in [6.07, 6.45) is 5.90. The monoisotopic (exact) mass is 283 g/mol. The molecule has 0 bridgehead atoms. The minimum Gasteiger partial charge on any atom is -0.385 e. The van der Waals surface area contributed by atoms with Gasteiger partial charge < -0.3 is 20.3 Å². The van der Waals surface area contributed by atoms with Gasteiger partial charge in [0, 0.05) is 32.3 Å². The first-order valence-electron chi connectivity index (χ1n) is 7.97. The predicted octanol–water partition coefficient (Wildman–Crippen LogP) is 0.744. The van der Waals surface area contributed by atoms with Gasteiger partial charge in [0.2, 0.25) is 5.91 Å². The lowest BCUT2D eigenvalue weighted by Crippen LogP contribution is -2.52. The van der Waals surface area contributed by atoms with Crippen LogP contribution in [0.15, 0.2) is 0 Å². The fourth-order valence-corrected chi connectivity index (χ4v) is 3.39. The van der Waals surface area contributed by atoms with Crippen molar-refractivity contribution in [3.63, 3.8) is 0 Å². The number of nitrogens with one attached hydrogen (secondary N) is 2. The molecule has 20 heavy (non-hydrogen) atoms. The predicted molar refractivity (Wildman–Crippen MR) is 79.7 cm³/mol. The number of amides is 1. The lowest BCUT2D eigenvalue weighted by Gasteiger charge is -2.36. The van der Waals surface area contributed by atoms with E-state index in [1.165, 1.54) is 32.4 Å². The van der Waals surface area contributed by atoms with Crippen molar-refractivity contribution in [2.45, 2.75) is 57.2 Å². The van der Waals surface area contributed by atoms with Gasteiger partial charge in [-0.05, 0) is 52.1 Å². The van der Waals surface area contributed by atoms with Gasteiger partial charge in [0.25, 0.3) is 0 Å². The third-order valence-corrected chi connectivity index (χ3v) is 4.52. The average molecular weight is 283 g/mol. The van der Waals surface area contributed by atoms with Crippen molar-refractivity contribution in [3.8, 4) is 0 Å². The summed E-state index contributed by atoms with van der Waals surface area (Å²) in [4.78, 5) is 14.6. The molecule has 5 heteroatoms. The molecule has 0 radical (unpaired) electrons. The normalized spacial score (nSPS) is 28.1. The topological polar surface area (TPSA) is 53.6 Å². The molecule has 0 aliphatic carbocycles. The van der Waals surface area contributed by atoms with Crippen LogP contribution in [0, 0.1) is 0 Å². The summed E-state index contributed by atoms with van der Waals surface area (Å²) in [5, 5.41) is 6.46. The summed E-state index contributed by atoms with van der Waals surface area (Å²) in [7, 11) is 1.68. The van der Waals surface area contributed by atoms with Crippen molar-refractivity contribution in [2.75, 3.05) is 33.4 Å². The molecular formula is C15H29N3O2. The second kappa shape index (κ2) is 7.96. The second-order valence-corrected chi connectivity index (χ2v) is 6.08. The Hall–Kier alpha value is -0.650. The fraction of sp³-hybridized carbons (Fsp3) is 0.933. The number of carbonyl (C=O) groups is 1. The SMILES string of the molecule is COCCCNC(=O)C(C)NC1CCN2CCCC2C1. The zero-order valence-corrected chi connectivity index (χ0v) is 12.9. The van der Waals surface area contributed by atoms with Crippen molar-refractivity contribution in [1.82, 2.24) is 15.5 Å². The molecule has 3 atom stereocenters. The number of carbonyl (C=O) groups excluding carboxylic acids is 1. The molecular weight excluding hydrogens is 254 g/mol. The number of hydrogen-bond acceptors (Lipinski definition) is 4. The Bertz CT molecular complexity index is 311. The molecule has 0 spiro atoms. The number of methoxy groups -OCH3 is 1. The van der Waals surface area contributed by atoms with Crippen LogP contribution in [0.5, 0.6) is 0 Å². The highest BCUT2D eigenvalue weighted by molar-refractivity contribution is 5.81. The first-order valence-corrected chi connectivity index (χ1v) is 7.97. The minimum atomic E-state index is -0.101. The van der Waals surface area contributed by atoms with Crippen LogP contribution >= 0.6 is 0 Å². The van der Waals surface area contributed by atoms with E-state index in [9.17, 15) is 4.79 Å². The third-order valence-electron chi connectivity index (χ3n) is 4.52. The molecule has 2 fully saturated rings. The molecule has 0 aromatic heterocycles. The standard InChI is InChI=1S/C15H29N3O2/c1-12(15(19)16-7-4-10-20-2)17-13-6-9-18-8-3-5-14(18)11-13/h12-14,17H,3-11H2,1-2H3,(H,16,19). The molecule has 1 amide bonds. The molecule has 2 heterocycles. The van der Waals surface area contributed by atoms with Crippen LogP contribution in [0.3, 0.4) is 0 Å². The highest BCUT2D eigenvalue weighted by Crippen LogP contribution is 2.26. The third kappa shape index (κ3) is 4.43. The number of nitrogens with zero attached hydrogens (tertiary/aromatic N) is 1.